The maximum Gasteiger partial charge on any atom is 0.258 e. The summed E-state index contributed by atoms with van der Waals surface area (Å²) in [6.45, 7) is 3.31. The van der Waals surface area contributed by atoms with Crippen LogP contribution in [-0.4, -0.2) is 31.2 Å². The highest BCUT2D eigenvalue weighted by molar-refractivity contribution is 6.09. The predicted molar refractivity (Wildman–Crippen MR) is 84.2 cm³/mol. The number of carbonyl (C=O) groups is 1. The van der Waals surface area contributed by atoms with E-state index in [2.05, 4.69) is 4.90 Å². The van der Waals surface area contributed by atoms with E-state index in [9.17, 15) is 9.90 Å². The first-order valence-corrected chi connectivity index (χ1v) is 6.99. The highest BCUT2D eigenvalue weighted by atomic mass is 16.3. The lowest BCUT2D eigenvalue weighted by Gasteiger charge is -2.35. The van der Waals surface area contributed by atoms with E-state index in [1.807, 2.05) is 43.1 Å². The minimum Gasteiger partial charge on any atom is -0.508 e. The van der Waals surface area contributed by atoms with E-state index < -0.39 is 0 Å². The van der Waals surface area contributed by atoms with Crippen molar-refractivity contribution in [2.75, 3.05) is 29.9 Å². The van der Waals surface area contributed by atoms with E-state index in [-0.39, 0.29) is 11.7 Å². The van der Waals surface area contributed by atoms with Crippen molar-refractivity contribution < 1.29 is 9.90 Å². The molecule has 4 nitrogen and oxygen atoms in total. The number of nitrogens with zero attached hydrogens (tertiary/aromatic N) is 2. The summed E-state index contributed by atoms with van der Waals surface area (Å²) in [5, 5.41) is 9.49. The second-order valence-electron chi connectivity index (χ2n) is 5.37. The number of fused-ring (bicyclic) bond motifs is 1. The Morgan fingerprint density at radius 3 is 2.52 bits per heavy atom. The van der Waals surface area contributed by atoms with Gasteiger partial charge in [-0.2, -0.15) is 0 Å². The zero-order valence-electron chi connectivity index (χ0n) is 12.2. The van der Waals surface area contributed by atoms with Crippen molar-refractivity contribution in [3.05, 3.63) is 53.6 Å². The van der Waals surface area contributed by atoms with E-state index in [4.69, 9.17) is 0 Å². The molecule has 0 saturated heterocycles. The van der Waals surface area contributed by atoms with E-state index in [1.165, 1.54) is 0 Å². The van der Waals surface area contributed by atoms with Crippen molar-refractivity contribution in [3.63, 3.8) is 0 Å². The largest absolute Gasteiger partial charge is 0.508 e. The second-order valence-corrected chi connectivity index (χ2v) is 5.37. The Hall–Kier alpha value is -2.49. The zero-order valence-corrected chi connectivity index (χ0v) is 12.2. The number of rotatable bonds is 1. The van der Waals surface area contributed by atoms with Gasteiger partial charge in [0.2, 0.25) is 0 Å². The van der Waals surface area contributed by atoms with Gasteiger partial charge < -0.3 is 14.9 Å². The number of carbonyl (C=O) groups excluding carboxylic acids is 1. The van der Waals surface area contributed by atoms with Gasteiger partial charge in [0.15, 0.2) is 0 Å². The van der Waals surface area contributed by atoms with Crippen molar-refractivity contribution >= 4 is 17.3 Å². The fourth-order valence-electron chi connectivity index (χ4n) is 2.75. The summed E-state index contributed by atoms with van der Waals surface area (Å²) < 4.78 is 0. The standard InChI is InChI=1S/C17H18N2O2/c1-12-11-13(20)7-8-14(12)17(21)19-10-9-18(2)15-5-3-4-6-16(15)19/h3-8,11,20H,9-10H2,1-2H3. The Morgan fingerprint density at radius 1 is 1.10 bits per heavy atom. The number of phenolic OH excluding ortho intramolecular Hbond substituents is 1. The summed E-state index contributed by atoms with van der Waals surface area (Å²) in [6.07, 6.45) is 0. The van der Waals surface area contributed by atoms with Gasteiger partial charge in [0.25, 0.3) is 5.91 Å². The van der Waals surface area contributed by atoms with Crippen LogP contribution >= 0.6 is 0 Å². The van der Waals surface area contributed by atoms with Gasteiger partial charge in [-0.1, -0.05) is 12.1 Å². The van der Waals surface area contributed by atoms with Gasteiger partial charge >= 0.3 is 0 Å². The van der Waals surface area contributed by atoms with Crippen LogP contribution in [0.3, 0.4) is 0 Å². The molecular formula is C17H18N2O2. The molecule has 0 aromatic heterocycles. The smallest absolute Gasteiger partial charge is 0.258 e. The van der Waals surface area contributed by atoms with Crippen LogP contribution in [0.1, 0.15) is 15.9 Å². The van der Waals surface area contributed by atoms with Gasteiger partial charge in [0, 0.05) is 25.7 Å². The van der Waals surface area contributed by atoms with E-state index in [0.717, 1.165) is 23.5 Å². The molecule has 0 saturated carbocycles. The summed E-state index contributed by atoms with van der Waals surface area (Å²) in [5.41, 5.74) is 3.42. The molecule has 0 spiro atoms. The molecule has 0 radical (unpaired) electrons. The number of aromatic hydroxyl groups is 1. The molecule has 1 aliphatic rings. The summed E-state index contributed by atoms with van der Waals surface area (Å²) >= 11 is 0. The monoisotopic (exact) mass is 282 g/mol. The van der Waals surface area contributed by atoms with Crippen LogP contribution in [0.2, 0.25) is 0 Å². The molecule has 1 heterocycles. The molecule has 1 aliphatic heterocycles. The Morgan fingerprint density at radius 2 is 1.81 bits per heavy atom. The maximum absolute atomic E-state index is 12.8. The van der Waals surface area contributed by atoms with E-state index >= 15 is 0 Å². The van der Waals surface area contributed by atoms with Gasteiger partial charge in [0.05, 0.1) is 11.4 Å². The van der Waals surface area contributed by atoms with Crippen LogP contribution in [0.4, 0.5) is 11.4 Å². The molecule has 2 aromatic carbocycles. The second kappa shape index (κ2) is 5.13. The Labute approximate surface area is 124 Å². The number of phenols is 1. The number of para-hydroxylation sites is 2. The molecule has 0 atom stereocenters. The maximum atomic E-state index is 12.8. The molecule has 0 aliphatic carbocycles. The lowest BCUT2D eigenvalue weighted by atomic mass is 10.1. The third-order valence-corrected chi connectivity index (χ3v) is 3.93. The van der Waals surface area contributed by atoms with Crippen LogP contribution in [-0.2, 0) is 0 Å². The first kappa shape index (κ1) is 13.5. The average molecular weight is 282 g/mol. The molecule has 0 fully saturated rings. The van der Waals surface area contributed by atoms with Crippen LogP contribution in [0.25, 0.3) is 0 Å². The molecule has 21 heavy (non-hydrogen) atoms. The molecule has 3 rings (SSSR count). The molecule has 1 N–H and O–H groups in total. The highest BCUT2D eigenvalue weighted by Crippen LogP contribution is 2.33. The summed E-state index contributed by atoms with van der Waals surface area (Å²) in [7, 11) is 2.03. The third-order valence-electron chi connectivity index (χ3n) is 3.93. The number of likely N-dealkylation sites (N-methyl/N-ethyl adjacent to an activating group) is 1. The summed E-state index contributed by atoms with van der Waals surface area (Å²) in [5.74, 6) is 0.163. The van der Waals surface area contributed by atoms with Gasteiger partial charge in [-0.05, 0) is 42.8 Å². The van der Waals surface area contributed by atoms with Crippen molar-refractivity contribution in [1.29, 1.82) is 0 Å². The molecule has 2 aromatic rings. The van der Waals surface area contributed by atoms with Crippen molar-refractivity contribution in [1.82, 2.24) is 0 Å². The molecule has 108 valence electrons. The number of benzene rings is 2. The fraction of sp³-hybridized carbons (Fsp3) is 0.235. The molecule has 4 heteroatoms. The number of hydrogen-bond acceptors (Lipinski definition) is 3. The quantitative estimate of drug-likeness (QED) is 0.874. The first-order valence-electron chi connectivity index (χ1n) is 6.99. The predicted octanol–water partition coefficient (Wildman–Crippen LogP) is 2.80. The lowest BCUT2D eigenvalue weighted by molar-refractivity contribution is 0.0986. The van der Waals surface area contributed by atoms with Crippen molar-refractivity contribution in [2.45, 2.75) is 6.92 Å². The number of hydrogen-bond donors (Lipinski definition) is 1. The molecule has 1 amide bonds. The molecule has 0 unspecified atom stereocenters. The zero-order chi connectivity index (χ0) is 15.0. The normalized spacial score (nSPS) is 14.0. The van der Waals surface area contributed by atoms with Crippen molar-refractivity contribution in [2.24, 2.45) is 0 Å². The van der Waals surface area contributed by atoms with Crippen LogP contribution in [0.15, 0.2) is 42.5 Å². The number of amides is 1. The lowest BCUT2D eigenvalue weighted by Crippen LogP contribution is -2.42. The molecular weight excluding hydrogens is 264 g/mol. The van der Waals surface area contributed by atoms with E-state index in [1.54, 1.807) is 18.2 Å². The van der Waals surface area contributed by atoms with Crippen LogP contribution in [0, 0.1) is 6.92 Å². The minimum atomic E-state index is -0.0203. The van der Waals surface area contributed by atoms with Crippen LogP contribution < -0.4 is 9.80 Å². The Balaban J connectivity index is 2.01. The SMILES string of the molecule is Cc1cc(O)ccc1C(=O)N1CCN(C)c2ccccc21. The van der Waals surface area contributed by atoms with Crippen molar-refractivity contribution in [3.8, 4) is 5.75 Å². The van der Waals surface area contributed by atoms with Gasteiger partial charge in [-0.3, -0.25) is 4.79 Å². The van der Waals surface area contributed by atoms with E-state index in [0.29, 0.717) is 12.1 Å². The minimum absolute atomic E-state index is 0.0203. The first-order chi connectivity index (χ1) is 10.1. The summed E-state index contributed by atoms with van der Waals surface area (Å²) in [6, 6.07) is 12.8. The third kappa shape index (κ3) is 2.33. The van der Waals surface area contributed by atoms with Crippen LogP contribution in [0.5, 0.6) is 5.75 Å². The number of aryl methyl sites for hydroxylation is 1. The van der Waals surface area contributed by atoms with Gasteiger partial charge in [0.1, 0.15) is 5.75 Å². The fourth-order valence-corrected chi connectivity index (χ4v) is 2.75. The Bertz CT molecular complexity index is 697. The average Bonchev–Trinajstić information content (AvgIpc) is 2.47. The van der Waals surface area contributed by atoms with Gasteiger partial charge in [-0.25, -0.2) is 0 Å². The summed E-state index contributed by atoms with van der Waals surface area (Å²) in [4.78, 5) is 16.8. The topological polar surface area (TPSA) is 43.8 Å². The number of anilines is 2. The highest BCUT2D eigenvalue weighted by Gasteiger charge is 2.26. The molecule has 0 bridgehead atoms. The Kier molecular flexibility index (Phi) is 3.29. The van der Waals surface area contributed by atoms with Gasteiger partial charge in [-0.15, -0.1) is 0 Å².